The van der Waals surface area contributed by atoms with Crippen LogP contribution in [0.1, 0.15) is 48.7 Å². The number of thiazole rings is 1. The van der Waals surface area contributed by atoms with Gasteiger partial charge in [-0.1, -0.05) is 31.9 Å². The molecular formula is C14H18ClN3O2S. The molecule has 0 aliphatic carbocycles. The first-order valence-electron chi connectivity index (χ1n) is 6.97. The monoisotopic (exact) mass is 327 g/mol. The highest BCUT2D eigenvalue weighted by molar-refractivity contribution is 7.11. The maximum atomic E-state index is 12.5. The number of hydrogen-bond acceptors (Lipinski definition) is 4. The summed E-state index contributed by atoms with van der Waals surface area (Å²) >= 11 is 7.50. The summed E-state index contributed by atoms with van der Waals surface area (Å²) in [7, 11) is 0. The van der Waals surface area contributed by atoms with Gasteiger partial charge in [-0.15, -0.1) is 11.3 Å². The number of aromatic amines is 1. The molecule has 0 bridgehead atoms. The van der Waals surface area contributed by atoms with E-state index < -0.39 is 11.7 Å². The Balaban J connectivity index is 2.55. The topological polar surface area (TPSA) is 67.8 Å². The lowest BCUT2D eigenvalue weighted by Crippen LogP contribution is -2.39. The van der Waals surface area contributed by atoms with E-state index >= 15 is 0 Å². The minimum absolute atomic E-state index is 0.142. The third kappa shape index (κ3) is 3.11. The van der Waals surface area contributed by atoms with Crippen LogP contribution < -0.4 is 11.2 Å². The van der Waals surface area contributed by atoms with Crippen LogP contribution in [0.3, 0.4) is 0 Å². The Morgan fingerprint density at radius 1 is 1.43 bits per heavy atom. The summed E-state index contributed by atoms with van der Waals surface area (Å²) in [6, 6.07) is -0.403. The van der Waals surface area contributed by atoms with E-state index in [1.807, 2.05) is 13.8 Å². The average Bonchev–Trinajstić information content (AvgIpc) is 2.92. The molecule has 2 rings (SSSR count). The second kappa shape index (κ2) is 6.58. The van der Waals surface area contributed by atoms with Gasteiger partial charge in [-0.05, 0) is 19.8 Å². The van der Waals surface area contributed by atoms with Crippen molar-refractivity contribution in [3.8, 4) is 0 Å². The first kappa shape index (κ1) is 16.0. The molecule has 0 radical (unpaired) electrons. The Labute approximate surface area is 131 Å². The quantitative estimate of drug-likeness (QED) is 0.859. The van der Waals surface area contributed by atoms with Crippen LogP contribution in [0.5, 0.6) is 0 Å². The molecule has 2 heterocycles. The number of H-pyrrole nitrogens is 1. The van der Waals surface area contributed by atoms with Crippen molar-refractivity contribution in [2.45, 2.75) is 46.1 Å². The van der Waals surface area contributed by atoms with E-state index in [-0.39, 0.29) is 10.7 Å². The van der Waals surface area contributed by atoms with Crippen molar-refractivity contribution in [3.05, 3.63) is 47.6 Å². The number of hydrogen-bond donors (Lipinski definition) is 1. The van der Waals surface area contributed by atoms with Gasteiger partial charge in [-0.3, -0.25) is 14.3 Å². The fourth-order valence-corrected chi connectivity index (χ4v) is 3.33. The largest absolute Gasteiger partial charge is 0.330 e. The summed E-state index contributed by atoms with van der Waals surface area (Å²) in [4.78, 5) is 32.6. The lowest BCUT2D eigenvalue weighted by molar-refractivity contribution is 0.567. The van der Waals surface area contributed by atoms with E-state index in [0.29, 0.717) is 12.0 Å². The fraction of sp³-hybridized carbons (Fsp3) is 0.500. The van der Waals surface area contributed by atoms with Gasteiger partial charge in [0.2, 0.25) is 0 Å². The molecule has 0 fully saturated rings. The second-order valence-electron chi connectivity index (χ2n) is 4.84. The van der Waals surface area contributed by atoms with Crippen LogP contribution in [-0.4, -0.2) is 14.5 Å². The summed E-state index contributed by atoms with van der Waals surface area (Å²) in [5, 5.41) is 0.896. The number of aryl methyl sites for hydroxylation is 1. The molecule has 1 unspecified atom stereocenters. The van der Waals surface area contributed by atoms with Crippen molar-refractivity contribution in [2.75, 3.05) is 0 Å². The zero-order valence-electron chi connectivity index (χ0n) is 12.3. The predicted octanol–water partition coefficient (Wildman–Crippen LogP) is 2.77. The van der Waals surface area contributed by atoms with Crippen molar-refractivity contribution in [1.82, 2.24) is 14.5 Å². The summed E-state index contributed by atoms with van der Waals surface area (Å²) in [5.74, 6) is 0. The molecule has 0 aliphatic heterocycles. The molecule has 0 amide bonds. The summed E-state index contributed by atoms with van der Waals surface area (Å²) in [6.07, 6.45) is 4.00. The SMILES string of the molecule is CCCc1c(Cl)[nH]c(=O)n(C(C)c2ncc(CC)s2)c1=O. The van der Waals surface area contributed by atoms with Crippen molar-refractivity contribution in [1.29, 1.82) is 0 Å². The van der Waals surface area contributed by atoms with Crippen LogP contribution in [0.2, 0.25) is 5.15 Å². The van der Waals surface area contributed by atoms with Gasteiger partial charge in [0.05, 0.1) is 11.6 Å². The van der Waals surface area contributed by atoms with Crippen molar-refractivity contribution < 1.29 is 0 Å². The first-order chi connectivity index (χ1) is 9.99. The summed E-state index contributed by atoms with van der Waals surface area (Å²) in [5.41, 5.74) is -0.366. The molecule has 0 saturated carbocycles. The number of rotatable bonds is 5. The van der Waals surface area contributed by atoms with E-state index in [1.54, 1.807) is 13.1 Å². The normalized spacial score (nSPS) is 12.6. The third-order valence-corrected chi connectivity index (χ3v) is 4.98. The van der Waals surface area contributed by atoms with Crippen LogP contribution in [-0.2, 0) is 12.8 Å². The van der Waals surface area contributed by atoms with Gasteiger partial charge in [0, 0.05) is 11.1 Å². The van der Waals surface area contributed by atoms with Gasteiger partial charge < -0.3 is 0 Å². The van der Waals surface area contributed by atoms with Crippen molar-refractivity contribution in [3.63, 3.8) is 0 Å². The zero-order valence-corrected chi connectivity index (χ0v) is 13.8. The molecular weight excluding hydrogens is 310 g/mol. The highest BCUT2D eigenvalue weighted by Crippen LogP contribution is 2.22. The van der Waals surface area contributed by atoms with Crippen LogP contribution in [0.25, 0.3) is 0 Å². The van der Waals surface area contributed by atoms with Crippen LogP contribution in [0.15, 0.2) is 15.8 Å². The molecule has 1 atom stereocenters. The molecule has 2 aromatic rings. The maximum absolute atomic E-state index is 12.5. The Morgan fingerprint density at radius 3 is 2.71 bits per heavy atom. The molecule has 7 heteroatoms. The van der Waals surface area contributed by atoms with E-state index in [4.69, 9.17) is 11.6 Å². The van der Waals surface area contributed by atoms with E-state index in [2.05, 4.69) is 9.97 Å². The Morgan fingerprint density at radius 2 is 2.14 bits per heavy atom. The van der Waals surface area contributed by atoms with Gasteiger partial charge in [-0.25, -0.2) is 9.78 Å². The summed E-state index contributed by atoms with van der Waals surface area (Å²) in [6.45, 7) is 5.81. The van der Waals surface area contributed by atoms with Crippen LogP contribution in [0.4, 0.5) is 0 Å². The number of aromatic nitrogens is 3. The standard InChI is InChI=1S/C14H18ClN3O2S/c1-4-6-10-11(15)17-14(20)18(13(10)19)8(3)12-16-7-9(5-2)21-12/h7-8H,4-6H2,1-3H3,(H,17,20). The smallest absolute Gasteiger partial charge is 0.297 e. The van der Waals surface area contributed by atoms with Gasteiger partial charge in [0.1, 0.15) is 10.2 Å². The minimum Gasteiger partial charge on any atom is -0.297 e. The molecule has 21 heavy (non-hydrogen) atoms. The lowest BCUT2D eigenvalue weighted by atomic mass is 10.2. The first-order valence-corrected chi connectivity index (χ1v) is 8.16. The predicted molar refractivity (Wildman–Crippen MR) is 85.6 cm³/mol. The van der Waals surface area contributed by atoms with Crippen molar-refractivity contribution in [2.24, 2.45) is 0 Å². The maximum Gasteiger partial charge on any atom is 0.330 e. The van der Waals surface area contributed by atoms with Crippen LogP contribution >= 0.6 is 22.9 Å². The van der Waals surface area contributed by atoms with E-state index in [0.717, 1.165) is 22.7 Å². The molecule has 2 aromatic heterocycles. The molecule has 1 N–H and O–H groups in total. The number of nitrogens with one attached hydrogen (secondary N) is 1. The van der Waals surface area contributed by atoms with Gasteiger partial charge >= 0.3 is 5.69 Å². The molecule has 0 saturated heterocycles. The number of nitrogens with zero attached hydrogens (tertiary/aromatic N) is 2. The summed E-state index contributed by atoms with van der Waals surface area (Å²) < 4.78 is 1.20. The molecule has 0 aliphatic rings. The van der Waals surface area contributed by atoms with Gasteiger partial charge in [-0.2, -0.15) is 0 Å². The Hall–Kier alpha value is -1.40. The zero-order chi connectivity index (χ0) is 15.6. The van der Waals surface area contributed by atoms with Crippen molar-refractivity contribution >= 4 is 22.9 Å². The molecule has 114 valence electrons. The molecule has 0 aromatic carbocycles. The Kier molecular flexibility index (Phi) is 5.00. The Bertz CT molecular complexity index is 747. The van der Waals surface area contributed by atoms with E-state index in [1.165, 1.54) is 15.9 Å². The highest BCUT2D eigenvalue weighted by atomic mass is 35.5. The average molecular weight is 328 g/mol. The third-order valence-electron chi connectivity index (χ3n) is 3.34. The molecule has 5 nitrogen and oxygen atoms in total. The van der Waals surface area contributed by atoms with Gasteiger partial charge in [0.25, 0.3) is 5.56 Å². The number of halogens is 1. The molecule has 0 spiro atoms. The fourth-order valence-electron chi connectivity index (χ4n) is 2.17. The van der Waals surface area contributed by atoms with Gasteiger partial charge in [0.15, 0.2) is 0 Å². The van der Waals surface area contributed by atoms with E-state index in [9.17, 15) is 9.59 Å². The minimum atomic E-state index is -0.495. The van der Waals surface area contributed by atoms with Crippen LogP contribution in [0, 0.1) is 0 Å². The lowest BCUT2D eigenvalue weighted by Gasteiger charge is -2.13. The highest BCUT2D eigenvalue weighted by Gasteiger charge is 2.20. The second-order valence-corrected chi connectivity index (χ2v) is 6.37.